The molecule has 0 fully saturated rings. The van der Waals surface area contributed by atoms with Crippen molar-refractivity contribution in [2.75, 3.05) is 11.9 Å². The monoisotopic (exact) mass is 285 g/mol. The standard InChI is InChI=1S/C16H16FN3O/c1-10-3-2-4-13(17)15(10)16(21)20-12-7-11-8-18-6-5-14(11)19-9-12/h2-4,7,9,18H,5-6,8H2,1H3,(H,20,21). The minimum absolute atomic E-state index is 0.0772. The minimum Gasteiger partial charge on any atom is -0.320 e. The van der Waals surface area contributed by atoms with Gasteiger partial charge in [-0.15, -0.1) is 0 Å². The molecule has 4 nitrogen and oxygen atoms in total. The van der Waals surface area contributed by atoms with Gasteiger partial charge in [-0.05, 0) is 30.2 Å². The van der Waals surface area contributed by atoms with Crippen LogP contribution in [0.5, 0.6) is 0 Å². The molecular weight excluding hydrogens is 269 g/mol. The van der Waals surface area contributed by atoms with Gasteiger partial charge in [0.2, 0.25) is 0 Å². The first-order valence-electron chi connectivity index (χ1n) is 6.90. The number of fused-ring (bicyclic) bond motifs is 1. The molecule has 0 saturated carbocycles. The molecule has 0 saturated heterocycles. The Hall–Kier alpha value is -2.27. The van der Waals surface area contributed by atoms with E-state index < -0.39 is 11.7 Å². The first-order chi connectivity index (χ1) is 10.1. The van der Waals surface area contributed by atoms with Crippen molar-refractivity contribution in [1.82, 2.24) is 10.3 Å². The summed E-state index contributed by atoms with van der Waals surface area (Å²) in [5.41, 5.74) is 3.40. The molecule has 0 aliphatic carbocycles. The van der Waals surface area contributed by atoms with Crippen molar-refractivity contribution in [3.63, 3.8) is 0 Å². The molecule has 1 aliphatic heterocycles. The minimum atomic E-state index is -0.514. The van der Waals surface area contributed by atoms with Gasteiger partial charge in [0.05, 0.1) is 17.4 Å². The largest absolute Gasteiger partial charge is 0.320 e. The van der Waals surface area contributed by atoms with Gasteiger partial charge in [-0.25, -0.2) is 4.39 Å². The van der Waals surface area contributed by atoms with Crippen molar-refractivity contribution in [3.8, 4) is 0 Å². The Morgan fingerprint density at radius 3 is 3.10 bits per heavy atom. The summed E-state index contributed by atoms with van der Waals surface area (Å²) in [6.45, 7) is 3.37. The molecule has 1 aliphatic rings. The van der Waals surface area contributed by atoms with Crippen molar-refractivity contribution < 1.29 is 9.18 Å². The van der Waals surface area contributed by atoms with E-state index in [1.165, 1.54) is 6.07 Å². The van der Waals surface area contributed by atoms with Gasteiger partial charge < -0.3 is 10.6 Å². The number of halogens is 1. The Balaban J connectivity index is 1.85. The summed E-state index contributed by atoms with van der Waals surface area (Å²) in [7, 11) is 0. The summed E-state index contributed by atoms with van der Waals surface area (Å²) in [4.78, 5) is 16.6. The topological polar surface area (TPSA) is 54.0 Å². The van der Waals surface area contributed by atoms with E-state index in [2.05, 4.69) is 15.6 Å². The molecule has 0 atom stereocenters. The van der Waals surface area contributed by atoms with Crippen LogP contribution in [0.15, 0.2) is 30.5 Å². The van der Waals surface area contributed by atoms with E-state index in [-0.39, 0.29) is 5.56 Å². The molecule has 5 heteroatoms. The van der Waals surface area contributed by atoms with E-state index in [0.717, 1.165) is 30.8 Å². The second-order valence-electron chi connectivity index (χ2n) is 5.14. The van der Waals surface area contributed by atoms with Crippen molar-refractivity contribution in [1.29, 1.82) is 0 Å². The summed E-state index contributed by atoms with van der Waals surface area (Å²) in [5.74, 6) is -0.962. The normalized spacial score (nSPS) is 13.6. The van der Waals surface area contributed by atoms with Gasteiger partial charge in [-0.2, -0.15) is 0 Å². The summed E-state index contributed by atoms with van der Waals surface area (Å²) in [6.07, 6.45) is 2.51. The Morgan fingerprint density at radius 2 is 2.29 bits per heavy atom. The third-order valence-corrected chi connectivity index (χ3v) is 3.62. The summed E-state index contributed by atoms with van der Waals surface area (Å²) >= 11 is 0. The molecule has 108 valence electrons. The maximum atomic E-state index is 13.8. The SMILES string of the molecule is Cc1cccc(F)c1C(=O)Nc1cnc2c(c1)CNCC2. The van der Waals surface area contributed by atoms with E-state index >= 15 is 0 Å². The molecular formula is C16H16FN3O. The zero-order chi connectivity index (χ0) is 14.8. The number of aromatic nitrogens is 1. The average molecular weight is 285 g/mol. The summed E-state index contributed by atoms with van der Waals surface area (Å²) in [6, 6.07) is 6.49. The molecule has 1 amide bonds. The van der Waals surface area contributed by atoms with Crippen molar-refractivity contribution >= 4 is 11.6 Å². The Morgan fingerprint density at radius 1 is 1.43 bits per heavy atom. The molecule has 0 bridgehead atoms. The van der Waals surface area contributed by atoms with Crippen molar-refractivity contribution in [2.45, 2.75) is 19.9 Å². The van der Waals surface area contributed by atoms with Crippen molar-refractivity contribution in [2.24, 2.45) is 0 Å². The molecule has 0 unspecified atom stereocenters. The second kappa shape index (κ2) is 5.61. The lowest BCUT2D eigenvalue weighted by molar-refractivity contribution is 0.102. The first kappa shape index (κ1) is 13.7. The number of nitrogens with one attached hydrogen (secondary N) is 2. The lowest BCUT2D eigenvalue weighted by Crippen LogP contribution is -2.25. The molecule has 21 heavy (non-hydrogen) atoms. The third kappa shape index (κ3) is 2.78. The fourth-order valence-electron chi connectivity index (χ4n) is 2.53. The van der Waals surface area contributed by atoms with Crippen LogP contribution in [-0.4, -0.2) is 17.4 Å². The molecule has 2 heterocycles. The predicted molar refractivity (Wildman–Crippen MR) is 78.7 cm³/mol. The van der Waals surface area contributed by atoms with Crippen LogP contribution in [0, 0.1) is 12.7 Å². The van der Waals surface area contributed by atoms with Gasteiger partial charge in [-0.3, -0.25) is 9.78 Å². The van der Waals surface area contributed by atoms with Crippen LogP contribution in [-0.2, 0) is 13.0 Å². The number of nitrogens with zero attached hydrogens (tertiary/aromatic N) is 1. The fraction of sp³-hybridized carbons (Fsp3) is 0.250. The first-order valence-corrected chi connectivity index (χ1v) is 6.90. The van der Waals surface area contributed by atoms with Crippen LogP contribution in [0.4, 0.5) is 10.1 Å². The maximum Gasteiger partial charge on any atom is 0.258 e. The van der Waals surface area contributed by atoms with E-state index in [1.54, 1.807) is 25.3 Å². The highest BCUT2D eigenvalue weighted by Crippen LogP contribution is 2.19. The number of benzene rings is 1. The number of amides is 1. The fourth-order valence-corrected chi connectivity index (χ4v) is 2.53. The number of anilines is 1. The zero-order valence-corrected chi connectivity index (χ0v) is 11.7. The highest BCUT2D eigenvalue weighted by molar-refractivity contribution is 6.05. The molecule has 2 aromatic rings. The quantitative estimate of drug-likeness (QED) is 0.891. The molecule has 3 rings (SSSR count). The number of rotatable bonds is 2. The van der Waals surface area contributed by atoms with Crippen LogP contribution in [0.25, 0.3) is 0 Å². The Bertz CT molecular complexity index is 680. The number of pyridine rings is 1. The van der Waals surface area contributed by atoms with Crippen LogP contribution < -0.4 is 10.6 Å². The van der Waals surface area contributed by atoms with Gasteiger partial charge in [0.1, 0.15) is 5.82 Å². The Kier molecular flexibility index (Phi) is 3.66. The molecule has 0 radical (unpaired) electrons. The number of carbonyl (C=O) groups is 1. The number of hydrogen-bond acceptors (Lipinski definition) is 3. The van der Waals surface area contributed by atoms with Crippen LogP contribution in [0.3, 0.4) is 0 Å². The molecule has 2 N–H and O–H groups in total. The third-order valence-electron chi connectivity index (χ3n) is 3.62. The molecule has 1 aromatic heterocycles. The van der Waals surface area contributed by atoms with Crippen LogP contribution >= 0.6 is 0 Å². The predicted octanol–water partition coefficient (Wildman–Crippen LogP) is 2.43. The summed E-state index contributed by atoms with van der Waals surface area (Å²) < 4.78 is 13.8. The summed E-state index contributed by atoms with van der Waals surface area (Å²) in [5, 5.41) is 5.98. The van der Waals surface area contributed by atoms with Gasteiger partial charge in [0, 0.05) is 25.2 Å². The van der Waals surface area contributed by atoms with Crippen molar-refractivity contribution in [3.05, 3.63) is 58.7 Å². The molecule has 0 spiro atoms. The van der Waals surface area contributed by atoms with E-state index in [0.29, 0.717) is 11.3 Å². The van der Waals surface area contributed by atoms with Gasteiger partial charge in [-0.1, -0.05) is 12.1 Å². The van der Waals surface area contributed by atoms with Gasteiger partial charge in [0.25, 0.3) is 5.91 Å². The second-order valence-corrected chi connectivity index (χ2v) is 5.14. The average Bonchev–Trinajstić information content (AvgIpc) is 2.47. The Labute approximate surface area is 122 Å². The highest BCUT2D eigenvalue weighted by atomic mass is 19.1. The van der Waals surface area contributed by atoms with E-state index in [1.807, 2.05) is 6.07 Å². The van der Waals surface area contributed by atoms with E-state index in [4.69, 9.17) is 0 Å². The lowest BCUT2D eigenvalue weighted by atomic mass is 10.1. The zero-order valence-electron chi connectivity index (χ0n) is 11.7. The number of hydrogen-bond donors (Lipinski definition) is 2. The number of carbonyl (C=O) groups excluding carboxylic acids is 1. The lowest BCUT2D eigenvalue weighted by Gasteiger charge is -2.17. The van der Waals surface area contributed by atoms with Gasteiger partial charge >= 0.3 is 0 Å². The maximum absolute atomic E-state index is 13.8. The number of aryl methyl sites for hydroxylation is 1. The van der Waals surface area contributed by atoms with Crippen LogP contribution in [0.1, 0.15) is 27.2 Å². The smallest absolute Gasteiger partial charge is 0.258 e. The van der Waals surface area contributed by atoms with Gasteiger partial charge in [0.15, 0.2) is 0 Å². The molecule has 1 aromatic carbocycles. The highest BCUT2D eigenvalue weighted by Gasteiger charge is 2.16. The van der Waals surface area contributed by atoms with E-state index in [9.17, 15) is 9.18 Å². The van der Waals surface area contributed by atoms with Crippen LogP contribution in [0.2, 0.25) is 0 Å².